The highest BCUT2D eigenvalue weighted by Gasteiger charge is 2.32. The lowest BCUT2D eigenvalue weighted by molar-refractivity contribution is -0.245. The molecule has 1 fully saturated rings. The van der Waals surface area contributed by atoms with E-state index >= 15 is 0 Å². The zero-order chi connectivity index (χ0) is 28.3. The molecule has 4 rings (SSSR count). The van der Waals surface area contributed by atoms with Crippen LogP contribution in [0.3, 0.4) is 0 Å². The second-order valence-corrected chi connectivity index (χ2v) is 10.9. The molecule has 11 heteroatoms. The number of nitrogens with one attached hydrogen (secondary N) is 1. The number of hydrogen-bond donors (Lipinski definition) is 3. The number of carbonyl (C=O) groups excluding carboxylic acids is 1. The number of aliphatic carboxylic acids is 1. The molecule has 1 aromatic heterocycles. The minimum atomic E-state index is -0.784. The number of amides is 1. The molecule has 2 heterocycles. The first kappa shape index (κ1) is 29.7. The van der Waals surface area contributed by atoms with Crippen molar-refractivity contribution in [3.8, 4) is 0 Å². The highest BCUT2D eigenvalue weighted by atomic mass is 32.2. The summed E-state index contributed by atoms with van der Waals surface area (Å²) in [5.41, 5.74) is 3.41. The molecular weight excluding hydrogens is 532 g/mol. The van der Waals surface area contributed by atoms with E-state index in [1.165, 1.54) is 0 Å². The van der Waals surface area contributed by atoms with Gasteiger partial charge in [0.2, 0.25) is 5.91 Å². The molecule has 3 atom stereocenters. The van der Waals surface area contributed by atoms with E-state index in [0.29, 0.717) is 30.7 Å². The standard InChI is InChI=1S/C29H36N4O6S/c1-33-19-30-32-29(33)40-18-24-16-25(21-10-8-20(17-34)9-11-21)39-28(38-24)22-12-14-23(15-13-22)31-26(35)6-4-2-3-5-7-27(36)37/h8-15,19,24-25,28,34H,2-7,16-18H2,1H3,(H,31,35)(H,36,37)/t24-,25+,28+/m0/s1. The fraction of sp³-hybridized carbons (Fsp3) is 0.448. The second-order valence-electron chi connectivity index (χ2n) is 9.86. The maximum Gasteiger partial charge on any atom is 0.303 e. The lowest BCUT2D eigenvalue weighted by Crippen LogP contribution is -2.31. The molecule has 0 aliphatic carbocycles. The summed E-state index contributed by atoms with van der Waals surface area (Å²) in [4.78, 5) is 22.9. The van der Waals surface area contributed by atoms with Gasteiger partial charge >= 0.3 is 5.97 Å². The van der Waals surface area contributed by atoms with Gasteiger partial charge in [-0.1, -0.05) is 61.0 Å². The Labute approximate surface area is 238 Å². The smallest absolute Gasteiger partial charge is 0.303 e. The summed E-state index contributed by atoms with van der Waals surface area (Å²) in [5, 5.41) is 29.9. The third kappa shape index (κ3) is 8.88. The normalized spacial score (nSPS) is 18.9. The Bertz CT molecular complexity index is 1230. The molecule has 2 aromatic carbocycles. The van der Waals surface area contributed by atoms with Gasteiger partial charge in [-0.25, -0.2) is 0 Å². The number of benzene rings is 2. The van der Waals surface area contributed by atoms with Gasteiger partial charge in [0.25, 0.3) is 0 Å². The number of ether oxygens (including phenoxy) is 2. The van der Waals surface area contributed by atoms with Crippen molar-refractivity contribution >= 4 is 29.3 Å². The first-order chi connectivity index (χ1) is 19.4. The largest absolute Gasteiger partial charge is 0.481 e. The molecule has 0 bridgehead atoms. The van der Waals surface area contributed by atoms with Crippen molar-refractivity contribution in [1.82, 2.24) is 14.8 Å². The molecule has 0 radical (unpaired) electrons. The lowest BCUT2D eigenvalue weighted by atomic mass is 10.0. The number of aliphatic hydroxyl groups excluding tert-OH is 1. The lowest BCUT2D eigenvalue weighted by Gasteiger charge is -2.36. The number of carboxylic acids is 1. The fourth-order valence-corrected chi connectivity index (χ4v) is 5.36. The van der Waals surface area contributed by atoms with Gasteiger partial charge in [-0.3, -0.25) is 9.59 Å². The van der Waals surface area contributed by atoms with Crippen LogP contribution in [-0.4, -0.2) is 48.7 Å². The van der Waals surface area contributed by atoms with Crippen LogP contribution >= 0.6 is 11.8 Å². The third-order valence-electron chi connectivity index (χ3n) is 6.69. The van der Waals surface area contributed by atoms with Gasteiger partial charge in [0.05, 0.1) is 18.8 Å². The van der Waals surface area contributed by atoms with Crippen LogP contribution in [0.25, 0.3) is 0 Å². The summed E-state index contributed by atoms with van der Waals surface area (Å²) in [7, 11) is 1.91. The molecule has 3 N–H and O–H groups in total. The Hall–Kier alpha value is -3.25. The van der Waals surface area contributed by atoms with E-state index < -0.39 is 12.3 Å². The zero-order valence-corrected chi connectivity index (χ0v) is 23.4. The van der Waals surface area contributed by atoms with Crippen molar-refractivity contribution in [3.05, 3.63) is 71.5 Å². The molecular formula is C29H36N4O6S. The van der Waals surface area contributed by atoms with Crippen molar-refractivity contribution in [3.63, 3.8) is 0 Å². The SMILES string of the molecule is Cn1cnnc1SC[C@@H]1C[C@H](c2ccc(CO)cc2)O[C@H](c2ccc(NC(=O)CCCCCCC(=O)O)cc2)O1. The quantitative estimate of drug-likeness (QED) is 0.181. The Morgan fingerprint density at radius 1 is 1.00 bits per heavy atom. The molecule has 40 heavy (non-hydrogen) atoms. The number of carboxylic acid groups (broad SMARTS) is 1. The Balaban J connectivity index is 1.35. The van der Waals surface area contributed by atoms with E-state index in [1.807, 2.05) is 60.1 Å². The van der Waals surface area contributed by atoms with E-state index in [-0.39, 0.29) is 31.1 Å². The van der Waals surface area contributed by atoms with Gasteiger partial charge in [-0.05, 0) is 36.1 Å². The van der Waals surface area contributed by atoms with E-state index in [4.69, 9.17) is 14.6 Å². The monoisotopic (exact) mass is 568 g/mol. The Morgan fingerprint density at radius 3 is 2.35 bits per heavy atom. The maximum atomic E-state index is 12.3. The molecule has 0 saturated carbocycles. The first-order valence-corrected chi connectivity index (χ1v) is 14.5. The van der Waals surface area contributed by atoms with Gasteiger partial charge in [0, 0.05) is 43.3 Å². The summed E-state index contributed by atoms with van der Waals surface area (Å²) < 4.78 is 14.6. The van der Waals surface area contributed by atoms with Gasteiger partial charge in [0.1, 0.15) is 6.33 Å². The minimum absolute atomic E-state index is 0.00974. The van der Waals surface area contributed by atoms with Crippen LogP contribution in [0.2, 0.25) is 0 Å². The molecule has 0 spiro atoms. The number of anilines is 1. The molecule has 1 aliphatic heterocycles. The van der Waals surface area contributed by atoms with E-state index in [2.05, 4.69) is 15.5 Å². The van der Waals surface area contributed by atoms with Gasteiger partial charge < -0.3 is 29.6 Å². The molecule has 1 amide bonds. The molecule has 3 aromatic rings. The van der Waals surface area contributed by atoms with Crippen LogP contribution in [-0.2, 0) is 32.7 Å². The number of aryl methyl sites for hydroxylation is 1. The number of nitrogens with zero attached hydrogens (tertiary/aromatic N) is 3. The van der Waals surface area contributed by atoms with Crippen LogP contribution in [0.15, 0.2) is 60.0 Å². The van der Waals surface area contributed by atoms with Gasteiger partial charge in [-0.15, -0.1) is 10.2 Å². The van der Waals surface area contributed by atoms with Gasteiger partial charge in [-0.2, -0.15) is 0 Å². The summed E-state index contributed by atoms with van der Waals surface area (Å²) in [5.74, 6) is -0.167. The average Bonchev–Trinajstić information content (AvgIpc) is 3.38. The van der Waals surface area contributed by atoms with Crippen molar-refractivity contribution < 1.29 is 29.3 Å². The number of rotatable bonds is 14. The predicted octanol–water partition coefficient (Wildman–Crippen LogP) is 5.01. The molecule has 1 aliphatic rings. The minimum Gasteiger partial charge on any atom is -0.481 e. The predicted molar refractivity (Wildman–Crippen MR) is 151 cm³/mol. The molecule has 1 saturated heterocycles. The van der Waals surface area contributed by atoms with E-state index in [1.54, 1.807) is 18.1 Å². The van der Waals surface area contributed by atoms with Crippen LogP contribution in [0.5, 0.6) is 0 Å². The summed E-state index contributed by atoms with van der Waals surface area (Å²) in [6, 6.07) is 15.3. The summed E-state index contributed by atoms with van der Waals surface area (Å²) in [6.07, 6.45) is 5.03. The third-order valence-corrected chi connectivity index (χ3v) is 7.86. The summed E-state index contributed by atoms with van der Waals surface area (Å²) >= 11 is 1.58. The van der Waals surface area contributed by atoms with Gasteiger partial charge in [0.15, 0.2) is 11.4 Å². The highest BCUT2D eigenvalue weighted by molar-refractivity contribution is 7.99. The first-order valence-electron chi connectivity index (χ1n) is 13.5. The average molecular weight is 569 g/mol. The highest BCUT2D eigenvalue weighted by Crippen LogP contribution is 2.39. The molecule has 10 nitrogen and oxygen atoms in total. The van der Waals surface area contributed by atoms with Crippen molar-refractivity contribution in [2.75, 3.05) is 11.1 Å². The number of unbranched alkanes of at least 4 members (excludes halogenated alkanes) is 3. The van der Waals surface area contributed by atoms with Crippen LogP contribution < -0.4 is 5.32 Å². The number of aliphatic hydroxyl groups is 1. The van der Waals surface area contributed by atoms with E-state index in [9.17, 15) is 14.7 Å². The van der Waals surface area contributed by atoms with Crippen molar-refractivity contribution in [1.29, 1.82) is 0 Å². The maximum absolute atomic E-state index is 12.3. The topological polar surface area (TPSA) is 136 Å². The van der Waals surface area contributed by atoms with Crippen LogP contribution in [0, 0.1) is 0 Å². The number of hydrogen-bond acceptors (Lipinski definition) is 8. The number of carbonyl (C=O) groups is 2. The number of thioether (sulfide) groups is 1. The second kappa shape index (κ2) is 14.9. The Morgan fingerprint density at radius 2 is 1.70 bits per heavy atom. The summed E-state index contributed by atoms with van der Waals surface area (Å²) in [6.45, 7) is -0.00974. The van der Waals surface area contributed by atoms with Crippen LogP contribution in [0.1, 0.15) is 74.0 Å². The van der Waals surface area contributed by atoms with Crippen LogP contribution in [0.4, 0.5) is 5.69 Å². The van der Waals surface area contributed by atoms with Crippen molar-refractivity contribution in [2.45, 2.75) is 75.2 Å². The molecule has 214 valence electrons. The Kier molecular flexibility index (Phi) is 11.1. The number of aromatic nitrogens is 3. The van der Waals surface area contributed by atoms with Crippen molar-refractivity contribution in [2.24, 2.45) is 7.05 Å². The zero-order valence-electron chi connectivity index (χ0n) is 22.6. The fourth-order valence-electron chi connectivity index (χ4n) is 4.46. The van der Waals surface area contributed by atoms with E-state index in [0.717, 1.165) is 41.1 Å². The molecule has 0 unspecified atom stereocenters.